The predicted molar refractivity (Wildman–Crippen MR) is 78.8 cm³/mol. The van der Waals surface area contributed by atoms with E-state index in [1.165, 1.54) is 6.92 Å². The standard InChI is InChI=1S/C15H19F9O5/c1-10(2)11(25)29-6-12(3-26-7-13(16,17)18,4-27-8-14(19,20)21)5-28-9-15(22,23)24/h1,3-9H2,2H3. The Bertz CT molecular complexity index is 475. The third-order valence-electron chi connectivity index (χ3n) is 2.88. The molecule has 29 heavy (non-hydrogen) atoms. The molecular weight excluding hydrogens is 431 g/mol. The van der Waals surface area contributed by atoms with E-state index in [9.17, 15) is 44.3 Å². The Kier molecular flexibility index (Phi) is 10.4. The first-order chi connectivity index (χ1) is 12.9. The van der Waals surface area contributed by atoms with E-state index in [1.807, 2.05) is 0 Å². The van der Waals surface area contributed by atoms with Gasteiger partial charge in [-0.3, -0.25) is 0 Å². The Labute approximate surface area is 159 Å². The molecule has 0 saturated heterocycles. The van der Waals surface area contributed by atoms with Gasteiger partial charge >= 0.3 is 24.5 Å². The number of carbonyl (C=O) groups is 1. The predicted octanol–water partition coefficient (Wildman–Crippen LogP) is 3.83. The number of hydrogen-bond acceptors (Lipinski definition) is 5. The van der Waals surface area contributed by atoms with Gasteiger partial charge < -0.3 is 18.9 Å². The summed E-state index contributed by atoms with van der Waals surface area (Å²) < 4.78 is 128. The molecule has 0 heterocycles. The Morgan fingerprint density at radius 3 is 1.21 bits per heavy atom. The van der Waals surface area contributed by atoms with Crippen LogP contribution < -0.4 is 0 Å². The van der Waals surface area contributed by atoms with Crippen molar-refractivity contribution < 1.29 is 63.3 Å². The summed E-state index contributed by atoms with van der Waals surface area (Å²) >= 11 is 0. The minimum absolute atomic E-state index is 0.164. The summed E-state index contributed by atoms with van der Waals surface area (Å²) in [5.41, 5.74) is -2.24. The second-order valence-corrected chi connectivity index (χ2v) is 6.18. The molecule has 0 aromatic heterocycles. The number of carbonyl (C=O) groups excluding carboxylic acids is 1. The number of ether oxygens (including phenoxy) is 4. The van der Waals surface area contributed by atoms with Crippen LogP contribution in [0.5, 0.6) is 0 Å². The van der Waals surface area contributed by atoms with Crippen LogP contribution in [0.1, 0.15) is 6.92 Å². The molecule has 0 radical (unpaired) electrons. The molecular formula is C15H19F9O5. The van der Waals surface area contributed by atoms with Crippen molar-refractivity contribution in [2.75, 3.05) is 46.2 Å². The van der Waals surface area contributed by atoms with Crippen LogP contribution in [0.3, 0.4) is 0 Å². The van der Waals surface area contributed by atoms with E-state index < -0.39 is 76.2 Å². The van der Waals surface area contributed by atoms with E-state index in [1.54, 1.807) is 0 Å². The van der Waals surface area contributed by atoms with Gasteiger partial charge in [0, 0.05) is 5.57 Å². The highest BCUT2D eigenvalue weighted by Crippen LogP contribution is 2.26. The summed E-state index contributed by atoms with van der Waals surface area (Å²) in [7, 11) is 0. The molecule has 0 unspecified atom stereocenters. The maximum Gasteiger partial charge on any atom is 0.411 e. The zero-order valence-electron chi connectivity index (χ0n) is 15.1. The molecule has 0 saturated carbocycles. The average molecular weight is 450 g/mol. The topological polar surface area (TPSA) is 54.0 Å². The minimum Gasteiger partial charge on any atom is -0.461 e. The van der Waals surface area contributed by atoms with E-state index in [-0.39, 0.29) is 5.57 Å². The SMILES string of the molecule is C=C(C)C(=O)OCC(COCC(F)(F)F)(COCC(F)(F)F)COCC(F)(F)F. The van der Waals surface area contributed by atoms with Crippen molar-refractivity contribution in [2.45, 2.75) is 25.5 Å². The zero-order valence-corrected chi connectivity index (χ0v) is 15.1. The van der Waals surface area contributed by atoms with Crippen LogP contribution in [-0.4, -0.2) is 70.7 Å². The molecule has 0 aromatic carbocycles. The smallest absolute Gasteiger partial charge is 0.411 e. The van der Waals surface area contributed by atoms with Gasteiger partial charge in [0.2, 0.25) is 0 Å². The third kappa shape index (κ3) is 15.0. The Hall–Kier alpha value is -1.54. The molecule has 0 aliphatic heterocycles. The van der Waals surface area contributed by atoms with Crippen molar-refractivity contribution in [3.63, 3.8) is 0 Å². The van der Waals surface area contributed by atoms with E-state index in [0.717, 1.165) is 0 Å². The highest BCUT2D eigenvalue weighted by molar-refractivity contribution is 5.86. The van der Waals surface area contributed by atoms with Gasteiger partial charge in [0.1, 0.15) is 26.4 Å². The lowest BCUT2D eigenvalue weighted by Crippen LogP contribution is -2.44. The summed E-state index contributed by atoms with van der Waals surface area (Å²) in [6.45, 7) is -5.24. The molecule has 14 heteroatoms. The molecule has 0 bridgehead atoms. The van der Waals surface area contributed by atoms with Crippen molar-refractivity contribution in [2.24, 2.45) is 5.41 Å². The van der Waals surface area contributed by atoms with E-state index in [2.05, 4.69) is 20.8 Å². The summed E-state index contributed by atoms with van der Waals surface area (Å²) in [5.74, 6) is -1.07. The fourth-order valence-electron chi connectivity index (χ4n) is 1.74. The molecule has 0 rings (SSSR count). The monoisotopic (exact) mass is 450 g/mol. The summed E-state index contributed by atoms with van der Waals surface area (Å²) in [6.07, 6.45) is -14.5. The number of rotatable bonds is 12. The maximum absolute atomic E-state index is 12.3. The van der Waals surface area contributed by atoms with Crippen LogP contribution in [0.2, 0.25) is 0 Å². The molecule has 0 fully saturated rings. The lowest BCUT2D eigenvalue weighted by Gasteiger charge is -2.33. The highest BCUT2D eigenvalue weighted by Gasteiger charge is 2.39. The van der Waals surface area contributed by atoms with Crippen molar-refractivity contribution >= 4 is 5.97 Å². The van der Waals surface area contributed by atoms with Gasteiger partial charge in [-0.05, 0) is 6.92 Å². The first-order valence-electron chi connectivity index (χ1n) is 7.71. The van der Waals surface area contributed by atoms with Crippen LogP contribution in [0.15, 0.2) is 12.2 Å². The highest BCUT2D eigenvalue weighted by atomic mass is 19.4. The number of esters is 1. The summed E-state index contributed by atoms with van der Waals surface area (Å²) in [6, 6.07) is 0. The first kappa shape index (κ1) is 27.5. The molecule has 0 N–H and O–H groups in total. The van der Waals surface area contributed by atoms with Gasteiger partial charge in [0.05, 0.1) is 25.2 Å². The lowest BCUT2D eigenvalue weighted by atomic mass is 9.92. The molecule has 0 aromatic rings. The quantitative estimate of drug-likeness (QED) is 0.257. The second-order valence-electron chi connectivity index (χ2n) is 6.18. The fourth-order valence-corrected chi connectivity index (χ4v) is 1.74. The van der Waals surface area contributed by atoms with Gasteiger partial charge in [-0.15, -0.1) is 0 Å². The number of alkyl halides is 9. The molecule has 0 aliphatic carbocycles. The van der Waals surface area contributed by atoms with E-state index in [4.69, 9.17) is 4.74 Å². The third-order valence-corrected chi connectivity index (χ3v) is 2.88. The molecule has 0 aliphatic rings. The average Bonchev–Trinajstić information content (AvgIpc) is 2.48. The van der Waals surface area contributed by atoms with E-state index >= 15 is 0 Å². The maximum atomic E-state index is 12.3. The summed E-state index contributed by atoms with van der Waals surface area (Å²) in [5, 5.41) is 0. The van der Waals surface area contributed by atoms with Crippen molar-refractivity contribution in [3.8, 4) is 0 Å². The fraction of sp³-hybridized carbons (Fsp3) is 0.800. The van der Waals surface area contributed by atoms with Gasteiger partial charge in [0.25, 0.3) is 0 Å². The zero-order chi connectivity index (χ0) is 22.9. The van der Waals surface area contributed by atoms with Crippen molar-refractivity contribution in [3.05, 3.63) is 12.2 Å². The van der Waals surface area contributed by atoms with Gasteiger partial charge in [-0.1, -0.05) is 6.58 Å². The van der Waals surface area contributed by atoms with Crippen LogP contribution >= 0.6 is 0 Å². The van der Waals surface area contributed by atoms with Gasteiger partial charge in [-0.25, -0.2) is 4.79 Å². The Balaban J connectivity index is 5.36. The van der Waals surface area contributed by atoms with E-state index in [0.29, 0.717) is 0 Å². The Morgan fingerprint density at radius 2 is 0.966 bits per heavy atom. The second kappa shape index (κ2) is 11.0. The molecule has 5 nitrogen and oxygen atoms in total. The molecule has 172 valence electrons. The summed E-state index contributed by atoms with van der Waals surface area (Å²) in [4.78, 5) is 11.5. The number of halogens is 9. The Morgan fingerprint density at radius 1 is 0.655 bits per heavy atom. The van der Waals surface area contributed by atoms with Crippen LogP contribution in [0.4, 0.5) is 39.5 Å². The van der Waals surface area contributed by atoms with Crippen LogP contribution in [0.25, 0.3) is 0 Å². The van der Waals surface area contributed by atoms with Crippen LogP contribution in [-0.2, 0) is 23.7 Å². The molecule has 0 atom stereocenters. The largest absolute Gasteiger partial charge is 0.461 e. The van der Waals surface area contributed by atoms with Crippen molar-refractivity contribution in [1.29, 1.82) is 0 Å². The van der Waals surface area contributed by atoms with Crippen molar-refractivity contribution in [1.82, 2.24) is 0 Å². The molecule has 0 amide bonds. The molecule has 0 spiro atoms. The van der Waals surface area contributed by atoms with Gasteiger partial charge in [-0.2, -0.15) is 39.5 Å². The minimum atomic E-state index is -4.82. The lowest BCUT2D eigenvalue weighted by molar-refractivity contribution is -0.216. The number of hydrogen-bond donors (Lipinski definition) is 0. The van der Waals surface area contributed by atoms with Crippen LogP contribution in [0, 0.1) is 5.41 Å². The first-order valence-corrected chi connectivity index (χ1v) is 7.71. The normalized spacial score (nSPS) is 13.4. The van der Waals surface area contributed by atoms with Gasteiger partial charge in [0.15, 0.2) is 0 Å².